The van der Waals surface area contributed by atoms with Crippen LogP contribution >= 0.6 is 11.3 Å². The number of hydrogen-bond acceptors (Lipinski definition) is 6. The molecule has 1 aromatic rings. The van der Waals surface area contributed by atoms with Crippen LogP contribution in [0, 0.1) is 17.3 Å². The third-order valence-corrected chi connectivity index (χ3v) is 7.80. The number of carbonyl (C=O) groups excluding carboxylic acids is 3. The zero-order chi connectivity index (χ0) is 27.6. The predicted octanol–water partition coefficient (Wildman–Crippen LogP) is 2.77. The largest absolute Gasteiger partial charge is 0.391 e. The average molecular weight is 533 g/mol. The van der Waals surface area contributed by atoms with Crippen molar-refractivity contribution in [1.29, 1.82) is 0 Å². The van der Waals surface area contributed by atoms with E-state index >= 15 is 0 Å². The van der Waals surface area contributed by atoms with Crippen LogP contribution in [0.5, 0.6) is 0 Å². The lowest BCUT2D eigenvalue weighted by Gasteiger charge is -2.41. The predicted molar refractivity (Wildman–Crippen MR) is 149 cm³/mol. The Balaban J connectivity index is 2.52. The topological polar surface area (TPSA) is 139 Å². The van der Waals surface area contributed by atoms with Gasteiger partial charge in [0.15, 0.2) is 0 Å². The zero-order valence-corrected chi connectivity index (χ0v) is 23.5. The van der Waals surface area contributed by atoms with E-state index in [9.17, 15) is 19.5 Å². The summed E-state index contributed by atoms with van der Waals surface area (Å²) in [5.41, 5.74) is 10.7. The Labute approximate surface area is 225 Å². The molecule has 1 aromatic heterocycles. The second kappa shape index (κ2) is 14.4. The Morgan fingerprint density at radius 3 is 2.38 bits per heavy atom. The van der Waals surface area contributed by atoms with Gasteiger partial charge in [-0.05, 0) is 62.1 Å². The second-order valence-electron chi connectivity index (χ2n) is 10.4. The van der Waals surface area contributed by atoms with Crippen LogP contribution in [0.4, 0.5) is 0 Å². The van der Waals surface area contributed by atoms with Crippen LogP contribution in [0.3, 0.4) is 0 Å². The van der Waals surface area contributed by atoms with E-state index in [0.29, 0.717) is 31.0 Å². The van der Waals surface area contributed by atoms with Crippen molar-refractivity contribution in [2.45, 2.75) is 65.9 Å². The maximum absolute atomic E-state index is 13.6. The van der Waals surface area contributed by atoms with E-state index in [1.54, 1.807) is 4.90 Å². The number of nitrogens with two attached hydrogens (primary N) is 2. The number of amides is 3. The lowest BCUT2D eigenvalue weighted by Crippen LogP contribution is -2.52. The summed E-state index contributed by atoms with van der Waals surface area (Å²) in [6, 6.07) is 3.86. The van der Waals surface area contributed by atoms with Crippen molar-refractivity contribution >= 4 is 29.1 Å². The van der Waals surface area contributed by atoms with Gasteiger partial charge in [0.1, 0.15) is 0 Å². The third kappa shape index (κ3) is 8.25. The van der Waals surface area contributed by atoms with Crippen LogP contribution < -0.4 is 16.8 Å². The molecular formula is C28H44N4O4S. The monoisotopic (exact) mass is 532 g/mol. The Bertz CT molecular complexity index is 967. The minimum absolute atomic E-state index is 0.000964. The van der Waals surface area contributed by atoms with Crippen molar-refractivity contribution in [3.8, 4) is 0 Å². The molecule has 1 aliphatic carbocycles. The summed E-state index contributed by atoms with van der Waals surface area (Å²) in [4.78, 5) is 42.0. The maximum atomic E-state index is 13.6. The van der Waals surface area contributed by atoms with E-state index in [1.807, 2.05) is 31.4 Å². The molecule has 206 valence electrons. The summed E-state index contributed by atoms with van der Waals surface area (Å²) in [6.45, 7) is 10.3. The molecule has 0 bridgehead atoms. The van der Waals surface area contributed by atoms with Gasteiger partial charge < -0.3 is 26.8 Å². The van der Waals surface area contributed by atoms with Crippen LogP contribution in [0.15, 0.2) is 40.8 Å². The van der Waals surface area contributed by atoms with Crippen LogP contribution in [0.2, 0.25) is 0 Å². The molecule has 1 aliphatic rings. The maximum Gasteiger partial charge on any atom is 0.249 e. The minimum Gasteiger partial charge on any atom is -0.391 e. The van der Waals surface area contributed by atoms with E-state index in [1.165, 1.54) is 23.5 Å². The molecule has 1 unspecified atom stereocenters. The van der Waals surface area contributed by atoms with Crippen molar-refractivity contribution in [3.63, 3.8) is 0 Å². The number of aliphatic hydroxyl groups excluding tert-OH is 1. The molecule has 1 heterocycles. The molecule has 3 atom stereocenters. The van der Waals surface area contributed by atoms with E-state index in [4.69, 9.17) is 11.5 Å². The first-order valence-corrected chi connectivity index (χ1v) is 14.2. The van der Waals surface area contributed by atoms with Gasteiger partial charge in [0.05, 0.1) is 11.5 Å². The smallest absolute Gasteiger partial charge is 0.249 e. The zero-order valence-electron chi connectivity index (χ0n) is 22.7. The number of hydrogen-bond donors (Lipinski definition) is 4. The number of carbonyl (C=O) groups is 3. The summed E-state index contributed by atoms with van der Waals surface area (Å²) < 4.78 is 0. The number of aliphatic hydroxyl groups is 1. The second-order valence-corrected chi connectivity index (χ2v) is 11.4. The van der Waals surface area contributed by atoms with Gasteiger partial charge in [-0.3, -0.25) is 14.4 Å². The first-order valence-electron chi connectivity index (χ1n) is 13.3. The minimum atomic E-state index is -1.46. The molecule has 8 nitrogen and oxygen atoms in total. The SMILES string of the molecule is CCCN(CCC)C(=O)C1=CC(C(N)=O)=CC(C(N)=O)([C@H](Cc2cccs2)[C@@H](O)CNCCC(C)C)C1. The standard InChI is InChI=1S/C28H44N4O4S/c1-5-11-32(12-6-2)26(35)21-14-20(25(29)34)16-28(17-21,27(30)36)23(15-22-8-7-13-37-22)24(33)18-31-10-9-19(3)4/h7-8,13-14,16,19,23-24,31,33H,5-6,9-12,15,17-18H2,1-4H3,(H2,29,34)(H2,30,36)/t23-,24+,28?/m1/s1. The Kier molecular flexibility index (Phi) is 12.0. The fourth-order valence-electron chi connectivity index (χ4n) is 4.93. The molecule has 0 aliphatic heterocycles. The number of nitrogens with zero attached hydrogens (tertiary/aromatic N) is 1. The molecule has 2 rings (SSSR count). The lowest BCUT2D eigenvalue weighted by molar-refractivity contribution is -0.132. The van der Waals surface area contributed by atoms with Crippen LogP contribution in [0.1, 0.15) is 58.3 Å². The van der Waals surface area contributed by atoms with E-state index in [0.717, 1.165) is 30.7 Å². The quantitative estimate of drug-likeness (QED) is 0.243. The van der Waals surface area contributed by atoms with Gasteiger partial charge in [-0.25, -0.2) is 0 Å². The van der Waals surface area contributed by atoms with Gasteiger partial charge in [0.2, 0.25) is 17.7 Å². The molecule has 0 aromatic carbocycles. The lowest BCUT2D eigenvalue weighted by atomic mass is 9.63. The molecule has 0 fully saturated rings. The summed E-state index contributed by atoms with van der Waals surface area (Å²) in [5, 5.41) is 16.7. The van der Waals surface area contributed by atoms with Crippen molar-refractivity contribution in [3.05, 3.63) is 45.7 Å². The summed E-state index contributed by atoms with van der Waals surface area (Å²) in [5.74, 6) is -1.83. The van der Waals surface area contributed by atoms with Crippen molar-refractivity contribution in [2.75, 3.05) is 26.2 Å². The van der Waals surface area contributed by atoms with Crippen LogP contribution in [-0.2, 0) is 20.8 Å². The first-order chi connectivity index (χ1) is 17.5. The molecule has 0 saturated heterocycles. The van der Waals surface area contributed by atoms with Crippen molar-refractivity contribution in [2.24, 2.45) is 28.7 Å². The highest BCUT2D eigenvalue weighted by atomic mass is 32.1. The highest BCUT2D eigenvalue weighted by Crippen LogP contribution is 2.44. The molecule has 0 spiro atoms. The Morgan fingerprint density at radius 2 is 1.86 bits per heavy atom. The van der Waals surface area contributed by atoms with Crippen LogP contribution in [-0.4, -0.2) is 60.0 Å². The molecule has 0 radical (unpaired) electrons. The third-order valence-electron chi connectivity index (χ3n) is 6.90. The summed E-state index contributed by atoms with van der Waals surface area (Å²) in [6.07, 6.45) is 4.89. The van der Waals surface area contributed by atoms with Crippen LogP contribution in [0.25, 0.3) is 0 Å². The fraction of sp³-hybridized carbons (Fsp3) is 0.607. The number of primary amides is 2. The van der Waals surface area contributed by atoms with E-state index < -0.39 is 29.3 Å². The van der Waals surface area contributed by atoms with Gasteiger partial charge in [0, 0.05) is 41.6 Å². The van der Waals surface area contributed by atoms with Crippen molar-refractivity contribution in [1.82, 2.24) is 10.2 Å². The van der Waals surface area contributed by atoms with E-state index in [-0.39, 0.29) is 24.4 Å². The molecule has 0 saturated carbocycles. The number of nitrogens with one attached hydrogen (secondary N) is 1. The average Bonchev–Trinajstić information content (AvgIpc) is 3.37. The number of rotatable bonds is 16. The highest BCUT2D eigenvalue weighted by molar-refractivity contribution is 7.09. The van der Waals surface area contributed by atoms with Gasteiger partial charge in [0.25, 0.3) is 0 Å². The normalized spacial score (nSPS) is 19.2. The molecule has 37 heavy (non-hydrogen) atoms. The molecule has 6 N–H and O–H groups in total. The van der Waals surface area contributed by atoms with Gasteiger partial charge >= 0.3 is 0 Å². The summed E-state index contributed by atoms with van der Waals surface area (Å²) in [7, 11) is 0. The number of thiophene rings is 1. The Morgan fingerprint density at radius 1 is 1.19 bits per heavy atom. The highest BCUT2D eigenvalue weighted by Gasteiger charge is 2.49. The van der Waals surface area contributed by atoms with E-state index in [2.05, 4.69) is 19.2 Å². The van der Waals surface area contributed by atoms with Gasteiger partial charge in [-0.15, -0.1) is 11.3 Å². The first kappa shape index (κ1) is 30.7. The van der Waals surface area contributed by atoms with Gasteiger partial charge in [-0.2, -0.15) is 0 Å². The van der Waals surface area contributed by atoms with Crippen molar-refractivity contribution < 1.29 is 19.5 Å². The molecular weight excluding hydrogens is 488 g/mol. The Hall–Kier alpha value is -2.49. The molecule has 3 amide bonds. The molecule has 9 heteroatoms. The summed E-state index contributed by atoms with van der Waals surface area (Å²) >= 11 is 1.52. The fourth-order valence-corrected chi connectivity index (χ4v) is 5.70. The van der Waals surface area contributed by atoms with Gasteiger partial charge in [-0.1, -0.05) is 39.8 Å².